The topological polar surface area (TPSA) is 76.0 Å². The molecule has 3 rings (SSSR count). The van der Waals surface area contributed by atoms with Crippen LogP contribution < -0.4 is 10.6 Å². The maximum atomic E-state index is 12.5. The molecular weight excluding hydrogens is 364 g/mol. The van der Waals surface area contributed by atoms with Crippen LogP contribution in [0.25, 0.3) is 11.0 Å². The molecule has 1 aliphatic rings. The first kappa shape index (κ1) is 21.3. The third kappa shape index (κ3) is 5.17. The first-order chi connectivity index (χ1) is 14.0. The maximum absolute atomic E-state index is 12.5. The highest BCUT2D eigenvalue weighted by Gasteiger charge is 2.21. The van der Waals surface area contributed by atoms with E-state index in [-0.39, 0.29) is 23.7 Å². The largest absolute Gasteiger partial charge is 0.355 e. The molecule has 0 unspecified atom stereocenters. The highest BCUT2D eigenvalue weighted by Crippen LogP contribution is 2.26. The maximum Gasteiger partial charge on any atom is 0.227 e. The average molecular weight is 399 g/mol. The van der Waals surface area contributed by atoms with E-state index in [0.717, 1.165) is 61.1 Å². The van der Waals surface area contributed by atoms with Crippen molar-refractivity contribution in [2.75, 3.05) is 11.9 Å². The van der Waals surface area contributed by atoms with Crippen molar-refractivity contribution in [3.8, 4) is 0 Å². The summed E-state index contributed by atoms with van der Waals surface area (Å²) in [4.78, 5) is 29.4. The van der Waals surface area contributed by atoms with Crippen LogP contribution in [0.4, 0.5) is 5.69 Å². The molecule has 1 aromatic heterocycles. The van der Waals surface area contributed by atoms with Crippen LogP contribution in [0.1, 0.15) is 64.6 Å². The van der Waals surface area contributed by atoms with E-state index in [1.807, 2.05) is 39.1 Å². The minimum Gasteiger partial charge on any atom is -0.355 e. The van der Waals surface area contributed by atoms with E-state index in [9.17, 15) is 9.59 Å². The van der Waals surface area contributed by atoms with Crippen LogP contribution in [0.5, 0.6) is 0 Å². The summed E-state index contributed by atoms with van der Waals surface area (Å²) in [5.41, 5.74) is 2.71. The molecule has 1 saturated carbocycles. The molecule has 1 aliphatic carbocycles. The molecule has 1 aromatic carbocycles. The number of anilines is 1. The molecule has 6 nitrogen and oxygen atoms in total. The Kier molecular flexibility index (Phi) is 7.29. The van der Waals surface area contributed by atoms with Gasteiger partial charge in [-0.15, -0.1) is 0 Å². The molecule has 0 bridgehead atoms. The van der Waals surface area contributed by atoms with Gasteiger partial charge in [0, 0.05) is 37.5 Å². The van der Waals surface area contributed by atoms with Crippen molar-refractivity contribution in [1.29, 1.82) is 0 Å². The second-order valence-electron chi connectivity index (χ2n) is 8.17. The van der Waals surface area contributed by atoms with E-state index in [2.05, 4.69) is 15.2 Å². The summed E-state index contributed by atoms with van der Waals surface area (Å²) in [6.07, 6.45) is 7.93. The van der Waals surface area contributed by atoms with Gasteiger partial charge in [0.15, 0.2) is 0 Å². The van der Waals surface area contributed by atoms with Gasteiger partial charge in [-0.1, -0.05) is 33.1 Å². The monoisotopic (exact) mass is 398 g/mol. The number of hydrogen-bond donors (Lipinski definition) is 2. The number of nitrogens with zero attached hydrogens (tertiary/aromatic N) is 2. The van der Waals surface area contributed by atoms with Crippen LogP contribution in [-0.4, -0.2) is 27.9 Å². The first-order valence-corrected chi connectivity index (χ1v) is 11.1. The number of imidazole rings is 1. The van der Waals surface area contributed by atoms with Gasteiger partial charge in [-0.2, -0.15) is 0 Å². The third-order valence-electron chi connectivity index (χ3n) is 6.22. The number of hydrogen-bond acceptors (Lipinski definition) is 3. The molecule has 29 heavy (non-hydrogen) atoms. The number of amides is 2. The second-order valence-corrected chi connectivity index (χ2v) is 8.17. The Hall–Kier alpha value is -2.37. The fraction of sp³-hybridized carbons (Fsp3) is 0.609. The number of aromatic nitrogens is 2. The van der Waals surface area contributed by atoms with Crippen LogP contribution in [0.15, 0.2) is 18.2 Å². The Morgan fingerprint density at radius 2 is 1.90 bits per heavy atom. The van der Waals surface area contributed by atoms with Gasteiger partial charge >= 0.3 is 0 Å². The summed E-state index contributed by atoms with van der Waals surface area (Å²) in [5.74, 6) is 1.41. The Balaban J connectivity index is 1.63. The van der Waals surface area contributed by atoms with Gasteiger partial charge in [0.05, 0.1) is 11.0 Å². The molecule has 0 radical (unpaired) electrons. The molecule has 6 heteroatoms. The lowest BCUT2D eigenvalue weighted by Crippen LogP contribution is -2.32. The van der Waals surface area contributed by atoms with Gasteiger partial charge in [-0.3, -0.25) is 9.59 Å². The smallest absolute Gasteiger partial charge is 0.227 e. The number of fused-ring (bicyclic) bond motifs is 1. The fourth-order valence-corrected chi connectivity index (χ4v) is 4.26. The van der Waals surface area contributed by atoms with E-state index in [4.69, 9.17) is 4.98 Å². The summed E-state index contributed by atoms with van der Waals surface area (Å²) in [6.45, 7) is 4.67. The molecule has 158 valence electrons. The number of aryl methyl sites for hydroxylation is 1. The molecule has 0 aliphatic heterocycles. The first-order valence-electron chi connectivity index (χ1n) is 11.1. The number of carbonyl (C=O) groups excluding carboxylic acids is 2. The number of benzene rings is 1. The molecule has 1 fully saturated rings. The summed E-state index contributed by atoms with van der Waals surface area (Å²) in [6, 6.07) is 5.90. The number of carbonyl (C=O) groups is 2. The predicted octanol–water partition coefficient (Wildman–Crippen LogP) is 4.19. The second kappa shape index (κ2) is 9.90. The van der Waals surface area contributed by atoms with Gasteiger partial charge in [-0.25, -0.2) is 4.98 Å². The van der Waals surface area contributed by atoms with Crippen molar-refractivity contribution < 1.29 is 9.59 Å². The van der Waals surface area contributed by atoms with Crippen LogP contribution in [0.3, 0.4) is 0 Å². The SMILES string of the molecule is CCC(CC)C(=O)NCCc1nc2cc(NC(=O)C3CCCCC3)ccc2n1C. The molecule has 2 amide bonds. The fourth-order valence-electron chi connectivity index (χ4n) is 4.26. The van der Waals surface area contributed by atoms with Gasteiger partial charge < -0.3 is 15.2 Å². The van der Waals surface area contributed by atoms with Crippen molar-refractivity contribution in [1.82, 2.24) is 14.9 Å². The van der Waals surface area contributed by atoms with Crippen molar-refractivity contribution in [3.05, 3.63) is 24.0 Å². The summed E-state index contributed by atoms with van der Waals surface area (Å²) < 4.78 is 2.06. The van der Waals surface area contributed by atoms with Gasteiger partial charge in [0.25, 0.3) is 0 Å². The summed E-state index contributed by atoms with van der Waals surface area (Å²) in [7, 11) is 1.99. The Morgan fingerprint density at radius 3 is 2.59 bits per heavy atom. The van der Waals surface area contributed by atoms with E-state index in [1.165, 1.54) is 6.42 Å². The van der Waals surface area contributed by atoms with Crippen LogP contribution in [-0.2, 0) is 23.1 Å². The third-order valence-corrected chi connectivity index (χ3v) is 6.22. The normalized spacial score (nSPS) is 15.0. The van der Waals surface area contributed by atoms with Crippen molar-refractivity contribution in [2.24, 2.45) is 18.9 Å². The van der Waals surface area contributed by atoms with Crippen molar-refractivity contribution in [2.45, 2.75) is 65.2 Å². The number of rotatable bonds is 8. The standard InChI is InChI=1S/C23H34N4O2/c1-4-16(5-2)22(28)24-14-13-21-26-19-15-18(11-12-20(19)27(21)3)25-23(29)17-9-7-6-8-10-17/h11-12,15-17H,4-10,13-14H2,1-3H3,(H,24,28)(H,25,29). The average Bonchev–Trinajstić information content (AvgIpc) is 3.04. The predicted molar refractivity (Wildman–Crippen MR) is 117 cm³/mol. The quantitative estimate of drug-likeness (QED) is 0.700. The van der Waals surface area contributed by atoms with Gasteiger partial charge in [-0.05, 0) is 43.9 Å². The van der Waals surface area contributed by atoms with E-state index in [1.54, 1.807) is 0 Å². The van der Waals surface area contributed by atoms with Gasteiger partial charge in [0.1, 0.15) is 5.82 Å². The van der Waals surface area contributed by atoms with E-state index in [0.29, 0.717) is 13.0 Å². The molecule has 0 spiro atoms. The minimum atomic E-state index is 0.0887. The van der Waals surface area contributed by atoms with Crippen LogP contribution in [0.2, 0.25) is 0 Å². The molecule has 2 aromatic rings. The van der Waals surface area contributed by atoms with Crippen molar-refractivity contribution in [3.63, 3.8) is 0 Å². The lowest BCUT2D eigenvalue weighted by atomic mass is 9.88. The zero-order chi connectivity index (χ0) is 20.8. The summed E-state index contributed by atoms with van der Waals surface area (Å²) in [5, 5.41) is 6.10. The lowest BCUT2D eigenvalue weighted by molar-refractivity contribution is -0.125. The zero-order valence-corrected chi connectivity index (χ0v) is 18.0. The Morgan fingerprint density at radius 1 is 1.17 bits per heavy atom. The van der Waals surface area contributed by atoms with Gasteiger partial charge in [0.2, 0.25) is 11.8 Å². The van der Waals surface area contributed by atoms with E-state index >= 15 is 0 Å². The molecule has 0 saturated heterocycles. The highest BCUT2D eigenvalue weighted by atomic mass is 16.2. The Bertz CT molecular complexity index is 848. The molecular formula is C23H34N4O2. The highest BCUT2D eigenvalue weighted by molar-refractivity contribution is 5.94. The lowest BCUT2D eigenvalue weighted by Gasteiger charge is -2.20. The van der Waals surface area contributed by atoms with E-state index < -0.39 is 0 Å². The zero-order valence-electron chi connectivity index (χ0n) is 18.0. The molecule has 2 N–H and O–H groups in total. The Labute approximate surface area is 173 Å². The summed E-state index contributed by atoms with van der Waals surface area (Å²) >= 11 is 0. The number of nitrogens with one attached hydrogen (secondary N) is 2. The molecule has 0 atom stereocenters. The molecule has 1 heterocycles. The van der Waals surface area contributed by atoms with Crippen molar-refractivity contribution >= 4 is 28.5 Å². The minimum absolute atomic E-state index is 0.0887. The van der Waals surface area contributed by atoms with Crippen LogP contribution in [0, 0.1) is 11.8 Å². The van der Waals surface area contributed by atoms with Crippen LogP contribution >= 0.6 is 0 Å².